The molecule has 0 N–H and O–H groups in total. The highest BCUT2D eigenvalue weighted by atomic mass is 79.9. The van der Waals surface area contributed by atoms with Crippen LogP contribution in [0.15, 0.2) is 40.9 Å². The van der Waals surface area contributed by atoms with Gasteiger partial charge in [-0.2, -0.15) is 0 Å². The maximum atomic E-state index is 6.07. The fourth-order valence-electron chi connectivity index (χ4n) is 2.31. The summed E-state index contributed by atoms with van der Waals surface area (Å²) in [5, 5.41) is 0.667. The molecule has 0 aliphatic carbocycles. The summed E-state index contributed by atoms with van der Waals surface area (Å²) in [6, 6.07) is 11.4. The zero-order valence-electron chi connectivity index (χ0n) is 11.1. The van der Waals surface area contributed by atoms with Crippen LogP contribution in [0.4, 0.5) is 0 Å². The Labute approximate surface area is 140 Å². The summed E-state index contributed by atoms with van der Waals surface area (Å²) in [6.45, 7) is 0. The molecule has 3 aromatic rings. The first-order valence-electron chi connectivity index (χ1n) is 6.21. The topological polar surface area (TPSA) is 27.1 Å². The number of aromatic nitrogens is 2. The van der Waals surface area contributed by atoms with Crippen LogP contribution in [0.5, 0.6) is 5.75 Å². The third-order valence-corrected chi connectivity index (χ3v) is 4.32. The fourth-order valence-corrected chi connectivity index (χ4v) is 3.35. The van der Waals surface area contributed by atoms with E-state index in [1.807, 2.05) is 41.0 Å². The van der Waals surface area contributed by atoms with E-state index in [1.54, 1.807) is 7.11 Å². The third-order valence-electron chi connectivity index (χ3n) is 3.21. The summed E-state index contributed by atoms with van der Waals surface area (Å²) < 4.78 is 8.26. The number of ether oxygens (including phenoxy) is 1. The number of fused-ring (bicyclic) bond motifs is 1. The van der Waals surface area contributed by atoms with Crippen LogP contribution in [0.2, 0.25) is 5.02 Å². The van der Waals surface area contributed by atoms with Crippen LogP contribution in [-0.4, -0.2) is 16.7 Å². The SMILES string of the molecule is COc1cccc2c1nc(CCl)n2-c1ccc(Cl)cc1Br. The Hall–Kier alpha value is -1.23. The minimum Gasteiger partial charge on any atom is -0.494 e. The van der Waals surface area contributed by atoms with E-state index in [0.717, 1.165) is 32.8 Å². The van der Waals surface area contributed by atoms with Gasteiger partial charge in [0.2, 0.25) is 0 Å². The monoisotopic (exact) mass is 384 g/mol. The average Bonchev–Trinajstić information content (AvgIpc) is 2.85. The molecule has 0 saturated carbocycles. The second kappa shape index (κ2) is 5.87. The van der Waals surface area contributed by atoms with E-state index in [0.29, 0.717) is 10.9 Å². The predicted octanol–water partition coefficient (Wildman–Crippen LogP) is 5.19. The standard InChI is InChI=1S/C15H11BrCl2N2O/c1-21-13-4-2-3-12-15(13)19-14(8-17)20(12)11-6-5-9(18)7-10(11)16/h2-7H,8H2,1H3. The van der Waals surface area contributed by atoms with E-state index in [4.69, 9.17) is 27.9 Å². The first kappa shape index (κ1) is 14.7. The van der Waals surface area contributed by atoms with Crippen LogP contribution >= 0.6 is 39.1 Å². The third kappa shape index (κ3) is 2.52. The summed E-state index contributed by atoms with van der Waals surface area (Å²) in [4.78, 5) is 4.59. The number of alkyl halides is 1. The Morgan fingerprint density at radius 3 is 2.76 bits per heavy atom. The van der Waals surface area contributed by atoms with Gasteiger partial charge >= 0.3 is 0 Å². The molecule has 2 aromatic carbocycles. The lowest BCUT2D eigenvalue weighted by Crippen LogP contribution is -2.00. The van der Waals surface area contributed by atoms with Crippen molar-refractivity contribution in [1.29, 1.82) is 0 Å². The molecule has 3 rings (SSSR count). The van der Waals surface area contributed by atoms with E-state index in [1.165, 1.54) is 0 Å². The molecule has 0 aliphatic heterocycles. The number of hydrogen-bond donors (Lipinski definition) is 0. The quantitative estimate of drug-likeness (QED) is 0.580. The van der Waals surface area contributed by atoms with Crippen LogP contribution < -0.4 is 4.74 Å². The summed E-state index contributed by atoms with van der Waals surface area (Å²) in [7, 11) is 1.63. The molecule has 0 aliphatic rings. The second-order valence-corrected chi connectivity index (χ2v) is 5.98. The summed E-state index contributed by atoms with van der Waals surface area (Å²) >= 11 is 15.6. The minimum absolute atomic E-state index is 0.299. The molecule has 0 spiro atoms. The predicted molar refractivity (Wildman–Crippen MR) is 89.9 cm³/mol. The number of nitrogens with zero attached hydrogens (tertiary/aromatic N) is 2. The lowest BCUT2D eigenvalue weighted by Gasteiger charge is -2.10. The number of para-hydroxylation sites is 1. The van der Waals surface area contributed by atoms with Gasteiger partial charge in [-0.15, -0.1) is 11.6 Å². The van der Waals surface area contributed by atoms with Gasteiger partial charge in [0.1, 0.15) is 17.1 Å². The van der Waals surface area contributed by atoms with Crippen LogP contribution in [-0.2, 0) is 5.88 Å². The van der Waals surface area contributed by atoms with E-state index in [-0.39, 0.29) is 0 Å². The van der Waals surface area contributed by atoms with Gasteiger partial charge in [0, 0.05) is 9.50 Å². The molecular formula is C15H11BrCl2N2O. The molecule has 0 fully saturated rings. The van der Waals surface area contributed by atoms with Crippen LogP contribution in [0.1, 0.15) is 5.82 Å². The van der Waals surface area contributed by atoms with Crippen LogP contribution in [0, 0.1) is 0 Å². The Balaban J connectivity index is 2.35. The van der Waals surface area contributed by atoms with Crippen molar-refractivity contribution in [1.82, 2.24) is 9.55 Å². The number of halogens is 3. The number of rotatable bonds is 3. The van der Waals surface area contributed by atoms with E-state index >= 15 is 0 Å². The van der Waals surface area contributed by atoms with Gasteiger partial charge in [-0.25, -0.2) is 4.98 Å². The number of benzene rings is 2. The summed E-state index contributed by atoms with van der Waals surface area (Å²) in [5.74, 6) is 1.77. The van der Waals surface area contributed by atoms with Gasteiger partial charge in [-0.05, 0) is 46.3 Å². The zero-order valence-corrected chi connectivity index (χ0v) is 14.2. The molecule has 1 heterocycles. The minimum atomic E-state index is 0.299. The number of imidazole rings is 1. The van der Waals surface area contributed by atoms with E-state index in [9.17, 15) is 0 Å². The highest BCUT2D eigenvalue weighted by molar-refractivity contribution is 9.10. The molecule has 0 unspecified atom stereocenters. The van der Waals surface area contributed by atoms with Crippen molar-refractivity contribution in [3.05, 3.63) is 51.7 Å². The molecule has 0 saturated heterocycles. The van der Waals surface area contributed by atoms with Crippen LogP contribution in [0.3, 0.4) is 0 Å². The molecule has 1 aromatic heterocycles. The molecule has 108 valence electrons. The van der Waals surface area contributed by atoms with Crippen molar-refractivity contribution in [3.63, 3.8) is 0 Å². The normalized spacial score (nSPS) is 11.0. The second-order valence-electron chi connectivity index (χ2n) is 4.42. The molecular weight excluding hydrogens is 375 g/mol. The molecule has 3 nitrogen and oxygen atoms in total. The molecule has 0 atom stereocenters. The van der Waals surface area contributed by atoms with Crippen molar-refractivity contribution in [3.8, 4) is 11.4 Å². The van der Waals surface area contributed by atoms with E-state index < -0.39 is 0 Å². The lowest BCUT2D eigenvalue weighted by atomic mass is 10.2. The van der Waals surface area contributed by atoms with Gasteiger partial charge in [0.15, 0.2) is 0 Å². The molecule has 0 radical (unpaired) electrons. The number of hydrogen-bond acceptors (Lipinski definition) is 2. The van der Waals surface area contributed by atoms with Gasteiger partial charge < -0.3 is 4.74 Å². The van der Waals surface area contributed by atoms with Crippen molar-refractivity contribution in [2.45, 2.75) is 5.88 Å². The Bertz CT molecular complexity index is 817. The Morgan fingerprint density at radius 1 is 1.29 bits per heavy atom. The number of methoxy groups -OCH3 is 1. The molecule has 0 bridgehead atoms. The smallest absolute Gasteiger partial charge is 0.146 e. The highest BCUT2D eigenvalue weighted by Crippen LogP contribution is 2.32. The molecule has 6 heteroatoms. The largest absolute Gasteiger partial charge is 0.494 e. The molecule has 21 heavy (non-hydrogen) atoms. The van der Waals surface area contributed by atoms with Crippen molar-refractivity contribution >= 4 is 50.2 Å². The first-order chi connectivity index (χ1) is 10.2. The van der Waals surface area contributed by atoms with Crippen molar-refractivity contribution in [2.75, 3.05) is 7.11 Å². The van der Waals surface area contributed by atoms with Crippen molar-refractivity contribution < 1.29 is 4.74 Å². The highest BCUT2D eigenvalue weighted by Gasteiger charge is 2.16. The van der Waals surface area contributed by atoms with Gasteiger partial charge in [-0.1, -0.05) is 17.7 Å². The fraction of sp³-hybridized carbons (Fsp3) is 0.133. The first-order valence-corrected chi connectivity index (χ1v) is 7.92. The Morgan fingerprint density at radius 2 is 2.10 bits per heavy atom. The van der Waals surface area contributed by atoms with Gasteiger partial charge in [-0.3, -0.25) is 4.57 Å². The Kier molecular flexibility index (Phi) is 4.11. The summed E-state index contributed by atoms with van der Waals surface area (Å²) in [6.07, 6.45) is 0. The van der Waals surface area contributed by atoms with Gasteiger partial charge in [0.05, 0.1) is 24.2 Å². The van der Waals surface area contributed by atoms with E-state index in [2.05, 4.69) is 20.9 Å². The average molecular weight is 386 g/mol. The van der Waals surface area contributed by atoms with Crippen LogP contribution in [0.25, 0.3) is 16.7 Å². The van der Waals surface area contributed by atoms with Gasteiger partial charge in [0.25, 0.3) is 0 Å². The maximum Gasteiger partial charge on any atom is 0.146 e. The van der Waals surface area contributed by atoms with Crippen molar-refractivity contribution in [2.24, 2.45) is 0 Å². The maximum absolute atomic E-state index is 6.07. The summed E-state index contributed by atoms with van der Waals surface area (Å²) in [5.41, 5.74) is 2.66. The lowest BCUT2D eigenvalue weighted by molar-refractivity contribution is 0.419. The zero-order chi connectivity index (χ0) is 15.0. The molecule has 0 amide bonds.